The maximum absolute atomic E-state index is 13.7. The van der Waals surface area contributed by atoms with Gasteiger partial charge in [0.2, 0.25) is 0 Å². The SMILES string of the molecule is Cc1ccc(C(=O)OCC(=O)Nc2nc3c(F)c(F)c(F)cc3s2)c(C)c1. The summed E-state index contributed by atoms with van der Waals surface area (Å²) in [7, 11) is 0. The number of aromatic nitrogens is 1. The van der Waals surface area contributed by atoms with E-state index in [2.05, 4.69) is 10.3 Å². The van der Waals surface area contributed by atoms with Gasteiger partial charge in [-0.1, -0.05) is 29.0 Å². The van der Waals surface area contributed by atoms with Gasteiger partial charge in [-0.3, -0.25) is 10.1 Å². The molecule has 3 aromatic rings. The van der Waals surface area contributed by atoms with Gasteiger partial charge in [0.25, 0.3) is 5.91 Å². The second-order valence-corrected chi connectivity index (χ2v) is 6.83. The van der Waals surface area contributed by atoms with Crippen LogP contribution in [0.25, 0.3) is 10.2 Å². The van der Waals surface area contributed by atoms with E-state index < -0.39 is 35.9 Å². The Kier molecular flexibility index (Phi) is 5.13. The summed E-state index contributed by atoms with van der Waals surface area (Å²) in [6.45, 7) is 3.04. The summed E-state index contributed by atoms with van der Waals surface area (Å²) in [5.74, 6) is -5.78. The molecule has 0 radical (unpaired) electrons. The van der Waals surface area contributed by atoms with Crippen molar-refractivity contribution < 1.29 is 27.5 Å². The van der Waals surface area contributed by atoms with Crippen LogP contribution < -0.4 is 5.32 Å². The lowest BCUT2D eigenvalue weighted by atomic mass is 10.1. The first-order chi connectivity index (χ1) is 12.8. The van der Waals surface area contributed by atoms with Crippen molar-refractivity contribution in [1.82, 2.24) is 4.98 Å². The zero-order chi connectivity index (χ0) is 19.7. The quantitative estimate of drug-likeness (QED) is 0.534. The lowest BCUT2D eigenvalue weighted by molar-refractivity contribution is -0.119. The molecule has 1 heterocycles. The summed E-state index contributed by atoms with van der Waals surface area (Å²) in [6, 6.07) is 5.95. The fourth-order valence-corrected chi connectivity index (χ4v) is 3.34. The van der Waals surface area contributed by atoms with Crippen LogP contribution in [0.2, 0.25) is 0 Å². The summed E-state index contributed by atoms with van der Waals surface area (Å²) < 4.78 is 45.1. The first-order valence-electron chi connectivity index (χ1n) is 7.74. The van der Waals surface area contributed by atoms with Crippen LogP contribution in [0.5, 0.6) is 0 Å². The molecule has 3 rings (SSSR count). The minimum Gasteiger partial charge on any atom is -0.452 e. The Balaban J connectivity index is 1.66. The Hall–Kier alpha value is -2.94. The number of carbonyl (C=O) groups is 2. The maximum Gasteiger partial charge on any atom is 0.338 e. The molecule has 0 spiro atoms. The summed E-state index contributed by atoms with van der Waals surface area (Å²) in [5, 5.41) is 2.24. The number of ether oxygens (including phenoxy) is 1. The van der Waals surface area contributed by atoms with Crippen molar-refractivity contribution in [2.75, 3.05) is 11.9 Å². The van der Waals surface area contributed by atoms with E-state index in [1.807, 2.05) is 13.0 Å². The van der Waals surface area contributed by atoms with Gasteiger partial charge < -0.3 is 4.74 Å². The fraction of sp³-hybridized carbons (Fsp3) is 0.167. The standard InChI is InChI=1S/C18H13F3N2O3S/c1-8-3-4-10(9(2)5-8)17(25)26-7-13(24)22-18-23-16-12(27-18)6-11(19)14(20)15(16)21/h3-6H,7H2,1-2H3,(H,22,23,24). The molecule has 0 bridgehead atoms. The molecule has 5 nitrogen and oxygen atoms in total. The minimum atomic E-state index is -1.63. The second-order valence-electron chi connectivity index (χ2n) is 5.79. The van der Waals surface area contributed by atoms with Crippen LogP contribution in [0.1, 0.15) is 21.5 Å². The third-order valence-corrected chi connectivity index (χ3v) is 4.62. The van der Waals surface area contributed by atoms with Crippen molar-refractivity contribution >= 4 is 38.6 Å². The molecule has 1 amide bonds. The van der Waals surface area contributed by atoms with E-state index >= 15 is 0 Å². The average Bonchev–Trinajstić information content (AvgIpc) is 3.00. The summed E-state index contributed by atoms with van der Waals surface area (Å²) in [5.41, 5.74) is 1.65. The Bertz CT molecular complexity index is 1070. The molecular weight excluding hydrogens is 381 g/mol. The Labute approximate surface area is 155 Å². The average molecular weight is 394 g/mol. The van der Waals surface area contributed by atoms with Crippen molar-refractivity contribution in [1.29, 1.82) is 0 Å². The van der Waals surface area contributed by atoms with Crippen LogP contribution in [0.4, 0.5) is 18.3 Å². The molecule has 0 aliphatic heterocycles. The number of thiazole rings is 1. The predicted molar refractivity (Wildman–Crippen MR) is 94.3 cm³/mol. The largest absolute Gasteiger partial charge is 0.452 e. The van der Waals surface area contributed by atoms with Gasteiger partial charge in [-0.25, -0.2) is 22.9 Å². The Morgan fingerprint density at radius 2 is 1.89 bits per heavy atom. The molecule has 0 unspecified atom stereocenters. The molecule has 9 heteroatoms. The highest BCUT2D eigenvalue weighted by Crippen LogP contribution is 2.30. The number of rotatable bonds is 4. The van der Waals surface area contributed by atoms with Crippen LogP contribution in [0.15, 0.2) is 24.3 Å². The highest BCUT2D eigenvalue weighted by molar-refractivity contribution is 7.22. The number of hydrogen-bond acceptors (Lipinski definition) is 5. The van der Waals surface area contributed by atoms with Crippen LogP contribution >= 0.6 is 11.3 Å². The number of halogens is 3. The van der Waals surface area contributed by atoms with Gasteiger partial charge in [-0.05, 0) is 31.5 Å². The molecule has 0 saturated heterocycles. The number of nitrogens with zero attached hydrogens (tertiary/aromatic N) is 1. The molecular formula is C18H13F3N2O3S. The topological polar surface area (TPSA) is 68.3 Å². The Morgan fingerprint density at radius 1 is 1.15 bits per heavy atom. The fourth-order valence-electron chi connectivity index (χ4n) is 2.43. The number of anilines is 1. The maximum atomic E-state index is 13.7. The van der Waals surface area contributed by atoms with E-state index in [4.69, 9.17) is 4.74 Å². The van der Waals surface area contributed by atoms with E-state index in [-0.39, 0.29) is 15.3 Å². The van der Waals surface area contributed by atoms with Gasteiger partial charge in [-0.2, -0.15) is 0 Å². The first kappa shape index (κ1) is 18.8. The molecule has 0 aliphatic carbocycles. The van der Waals surface area contributed by atoms with Gasteiger partial charge in [0.05, 0.1) is 10.3 Å². The predicted octanol–water partition coefficient (Wildman–Crippen LogP) is 4.13. The van der Waals surface area contributed by atoms with E-state index in [0.717, 1.165) is 23.0 Å². The van der Waals surface area contributed by atoms with E-state index in [1.54, 1.807) is 19.1 Å². The molecule has 0 aliphatic rings. The normalized spacial score (nSPS) is 10.9. The van der Waals surface area contributed by atoms with Crippen molar-refractivity contribution in [3.05, 3.63) is 58.4 Å². The summed E-state index contributed by atoms with van der Waals surface area (Å²) in [4.78, 5) is 27.7. The summed E-state index contributed by atoms with van der Waals surface area (Å²) in [6.07, 6.45) is 0. The lowest BCUT2D eigenvalue weighted by Crippen LogP contribution is -2.21. The van der Waals surface area contributed by atoms with E-state index in [0.29, 0.717) is 11.1 Å². The third-order valence-electron chi connectivity index (χ3n) is 3.70. The molecule has 0 saturated carbocycles. The van der Waals surface area contributed by atoms with Crippen LogP contribution in [0.3, 0.4) is 0 Å². The zero-order valence-electron chi connectivity index (χ0n) is 14.2. The number of esters is 1. The molecule has 140 valence electrons. The van der Waals surface area contributed by atoms with E-state index in [9.17, 15) is 22.8 Å². The number of benzene rings is 2. The molecule has 1 aromatic heterocycles. The number of hydrogen-bond donors (Lipinski definition) is 1. The monoisotopic (exact) mass is 394 g/mol. The zero-order valence-corrected chi connectivity index (χ0v) is 15.0. The molecule has 0 atom stereocenters. The second kappa shape index (κ2) is 7.36. The summed E-state index contributed by atoms with van der Waals surface area (Å²) >= 11 is 0.767. The van der Waals surface area contributed by atoms with Crippen molar-refractivity contribution in [2.24, 2.45) is 0 Å². The van der Waals surface area contributed by atoms with Crippen molar-refractivity contribution in [3.8, 4) is 0 Å². The van der Waals surface area contributed by atoms with E-state index in [1.165, 1.54) is 0 Å². The number of amides is 1. The lowest BCUT2D eigenvalue weighted by Gasteiger charge is -2.07. The Morgan fingerprint density at radius 3 is 2.59 bits per heavy atom. The van der Waals surface area contributed by atoms with Crippen LogP contribution in [-0.4, -0.2) is 23.5 Å². The smallest absolute Gasteiger partial charge is 0.338 e. The first-order valence-corrected chi connectivity index (χ1v) is 8.56. The highest BCUT2D eigenvalue weighted by Gasteiger charge is 2.19. The highest BCUT2D eigenvalue weighted by atomic mass is 32.1. The number of carbonyl (C=O) groups excluding carboxylic acids is 2. The number of fused-ring (bicyclic) bond motifs is 1. The van der Waals surface area contributed by atoms with Gasteiger partial charge in [0.1, 0.15) is 5.52 Å². The molecule has 2 aromatic carbocycles. The third kappa shape index (κ3) is 3.92. The molecule has 1 N–H and O–H groups in total. The van der Waals surface area contributed by atoms with Gasteiger partial charge >= 0.3 is 5.97 Å². The van der Waals surface area contributed by atoms with Crippen LogP contribution in [-0.2, 0) is 9.53 Å². The molecule has 0 fully saturated rings. The number of nitrogens with one attached hydrogen (secondary N) is 1. The molecule has 27 heavy (non-hydrogen) atoms. The van der Waals surface area contributed by atoms with Gasteiger partial charge in [-0.15, -0.1) is 0 Å². The van der Waals surface area contributed by atoms with Crippen molar-refractivity contribution in [3.63, 3.8) is 0 Å². The van der Waals surface area contributed by atoms with Crippen molar-refractivity contribution in [2.45, 2.75) is 13.8 Å². The number of aryl methyl sites for hydroxylation is 2. The van der Waals surface area contributed by atoms with Crippen LogP contribution in [0, 0.1) is 31.3 Å². The van der Waals surface area contributed by atoms with Gasteiger partial charge in [0.15, 0.2) is 29.2 Å². The van der Waals surface area contributed by atoms with Gasteiger partial charge in [0, 0.05) is 0 Å². The minimum absolute atomic E-state index is 0.0361.